The Bertz CT molecular complexity index is 318. The molecule has 1 aromatic carbocycles. The molecule has 0 nitrogen and oxygen atoms in total. The summed E-state index contributed by atoms with van der Waals surface area (Å²) in [5, 5.41) is 0. The number of hydrogen-bond acceptors (Lipinski definition) is 0. The zero-order valence-corrected chi connectivity index (χ0v) is 18.6. The van der Waals surface area contributed by atoms with E-state index in [0.29, 0.717) is 0 Å². The minimum absolute atomic E-state index is 0. The number of allylic oxidation sites excluding steroid dienone is 1. The van der Waals surface area contributed by atoms with Gasteiger partial charge in [-0.2, -0.15) is 0 Å². The molecule has 1 aliphatic rings. The van der Waals surface area contributed by atoms with Crippen molar-refractivity contribution in [3.8, 4) is 0 Å². The normalized spacial score (nSPS) is 11.1. The van der Waals surface area contributed by atoms with Crippen molar-refractivity contribution in [2.75, 3.05) is 0 Å². The van der Waals surface area contributed by atoms with Crippen LogP contribution < -0.4 is 0 Å². The molecule has 2 heteroatoms. The van der Waals surface area contributed by atoms with E-state index in [9.17, 15) is 0 Å². The largest absolute Gasteiger partial charge is 0.358 e. The molecular formula is C15H23UY-. The maximum Gasteiger partial charge on any atom is 0 e. The van der Waals surface area contributed by atoms with Crippen LogP contribution in [0.5, 0.6) is 0 Å². The Kier molecular flexibility index (Phi) is 18.5. The molecule has 91 valence electrons. The summed E-state index contributed by atoms with van der Waals surface area (Å²) >= 11 is 0. The van der Waals surface area contributed by atoms with Gasteiger partial charge < -0.3 is 7.43 Å². The van der Waals surface area contributed by atoms with E-state index in [-0.39, 0.29) is 71.2 Å². The molecule has 0 aliphatic heterocycles. The molecule has 0 amide bonds. The van der Waals surface area contributed by atoms with Crippen LogP contribution in [0.2, 0.25) is 0 Å². The summed E-state index contributed by atoms with van der Waals surface area (Å²) in [5.74, 6) is 0. The van der Waals surface area contributed by atoms with Gasteiger partial charge in [0.05, 0.1) is 0 Å². The van der Waals surface area contributed by atoms with Crippen molar-refractivity contribution in [1.82, 2.24) is 0 Å². The average molecular weight is 530 g/mol. The van der Waals surface area contributed by atoms with E-state index >= 15 is 0 Å². The molecule has 1 radical (unpaired) electrons. The summed E-state index contributed by atoms with van der Waals surface area (Å²) in [6, 6.07) is 8.69. The van der Waals surface area contributed by atoms with Gasteiger partial charge in [0.1, 0.15) is 0 Å². The molecule has 0 aromatic heterocycles. The van der Waals surface area contributed by atoms with Gasteiger partial charge >= 0.3 is 0 Å². The van der Waals surface area contributed by atoms with Gasteiger partial charge in [0.15, 0.2) is 0 Å². The van der Waals surface area contributed by atoms with Crippen molar-refractivity contribution in [3.63, 3.8) is 0 Å². The molecule has 0 saturated carbocycles. The topological polar surface area (TPSA) is 0 Å². The first-order valence-electron chi connectivity index (χ1n) is 5.67. The Balaban J connectivity index is -0.000000373. The zero-order chi connectivity index (χ0) is 10.4. The van der Waals surface area contributed by atoms with Gasteiger partial charge in [0, 0.05) is 63.8 Å². The van der Waals surface area contributed by atoms with Gasteiger partial charge in [-0.15, -0.1) is 0 Å². The van der Waals surface area contributed by atoms with Crippen LogP contribution >= 0.6 is 0 Å². The first kappa shape index (κ1) is 23.2. The fourth-order valence-electron chi connectivity index (χ4n) is 1.77. The maximum absolute atomic E-state index is 2.35. The molecule has 0 fully saturated rings. The van der Waals surface area contributed by atoms with E-state index in [4.69, 9.17) is 0 Å². The van der Waals surface area contributed by atoms with E-state index in [0.717, 1.165) is 0 Å². The Hall–Kier alpha value is 1.12. The van der Waals surface area contributed by atoms with Crippen molar-refractivity contribution in [1.29, 1.82) is 0 Å². The molecule has 0 N–H and O–H groups in total. The molecule has 0 bridgehead atoms. The van der Waals surface area contributed by atoms with Crippen molar-refractivity contribution in [3.05, 3.63) is 48.4 Å². The minimum Gasteiger partial charge on any atom is -0.358 e. The fraction of sp³-hybridized carbons (Fsp3) is 0.400. The predicted octanol–water partition coefficient (Wildman–Crippen LogP) is 4.90. The summed E-state index contributed by atoms with van der Waals surface area (Å²) in [4.78, 5) is 0. The molecule has 0 unspecified atom stereocenters. The van der Waals surface area contributed by atoms with Crippen LogP contribution in [0.4, 0.5) is 0 Å². The van der Waals surface area contributed by atoms with Gasteiger partial charge in [0.2, 0.25) is 0 Å². The van der Waals surface area contributed by atoms with Gasteiger partial charge in [-0.1, -0.05) is 56.7 Å². The van der Waals surface area contributed by atoms with Gasteiger partial charge in [-0.05, 0) is 30.4 Å². The molecule has 1 aliphatic carbocycles. The number of rotatable bonds is 1. The zero-order valence-electron chi connectivity index (χ0n) is 11.6. The van der Waals surface area contributed by atoms with Crippen LogP contribution in [-0.2, 0) is 39.1 Å². The second-order valence-corrected chi connectivity index (χ2v) is 3.35. The summed E-state index contributed by atoms with van der Waals surface area (Å²) in [7, 11) is 0. The molecular weight excluding hydrogens is 507 g/mol. The third-order valence-electron chi connectivity index (χ3n) is 2.58. The van der Waals surface area contributed by atoms with Crippen molar-refractivity contribution < 1.29 is 63.8 Å². The minimum atomic E-state index is 0. The summed E-state index contributed by atoms with van der Waals surface area (Å²) in [6.07, 6.45) is 6.04. The Labute approximate surface area is 156 Å². The van der Waals surface area contributed by atoms with Crippen molar-refractivity contribution in [2.24, 2.45) is 0 Å². The second-order valence-electron chi connectivity index (χ2n) is 3.35. The third-order valence-corrected chi connectivity index (χ3v) is 2.58. The Morgan fingerprint density at radius 1 is 1.06 bits per heavy atom. The predicted molar refractivity (Wildman–Crippen MR) is 70.8 cm³/mol. The number of fused-ring (bicyclic) bond motifs is 1. The number of hydrogen-bond donors (Lipinski definition) is 0. The van der Waals surface area contributed by atoms with E-state index in [1.165, 1.54) is 30.4 Å². The SMILES string of the molecule is CC.CCC1=Cc2ccccc2CC1.[CH3-].[U].[Y]. The Morgan fingerprint density at radius 3 is 2.24 bits per heavy atom. The molecule has 0 heterocycles. The average Bonchev–Trinajstić information content (AvgIpc) is 2.31. The smallest absolute Gasteiger partial charge is 0 e. The fourth-order valence-corrected chi connectivity index (χ4v) is 1.77. The summed E-state index contributed by atoms with van der Waals surface area (Å²) in [5.41, 5.74) is 4.53. The molecule has 1 aromatic rings. The van der Waals surface area contributed by atoms with E-state index in [2.05, 4.69) is 37.3 Å². The van der Waals surface area contributed by atoms with E-state index in [1.807, 2.05) is 13.8 Å². The molecule has 0 spiro atoms. The Morgan fingerprint density at radius 2 is 1.65 bits per heavy atom. The van der Waals surface area contributed by atoms with Crippen LogP contribution in [0.3, 0.4) is 0 Å². The second kappa shape index (κ2) is 13.5. The molecule has 17 heavy (non-hydrogen) atoms. The van der Waals surface area contributed by atoms with E-state index in [1.54, 1.807) is 5.57 Å². The van der Waals surface area contributed by atoms with Crippen LogP contribution in [0.15, 0.2) is 29.8 Å². The molecule has 0 saturated heterocycles. The first-order valence-corrected chi connectivity index (χ1v) is 5.67. The molecule has 2 rings (SSSR count). The van der Waals surface area contributed by atoms with Gasteiger partial charge in [-0.3, -0.25) is 0 Å². The number of aryl methyl sites for hydroxylation is 1. The van der Waals surface area contributed by atoms with E-state index < -0.39 is 0 Å². The first-order chi connectivity index (χ1) is 6.90. The van der Waals surface area contributed by atoms with Crippen LogP contribution in [0, 0.1) is 38.5 Å². The van der Waals surface area contributed by atoms with Gasteiger partial charge in [0.25, 0.3) is 0 Å². The summed E-state index contributed by atoms with van der Waals surface area (Å²) in [6.45, 7) is 6.24. The van der Waals surface area contributed by atoms with Crippen molar-refractivity contribution in [2.45, 2.75) is 40.0 Å². The third kappa shape index (κ3) is 7.32. The maximum atomic E-state index is 2.35. The van der Waals surface area contributed by atoms with Crippen molar-refractivity contribution >= 4 is 6.08 Å². The van der Waals surface area contributed by atoms with Crippen LogP contribution in [-0.4, -0.2) is 0 Å². The van der Waals surface area contributed by atoms with Gasteiger partial charge in [-0.25, -0.2) is 0 Å². The quantitative estimate of drug-likeness (QED) is 0.454. The van der Waals surface area contributed by atoms with Crippen LogP contribution in [0.1, 0.15) is 44.7 Å². The standard InChI is InChI=1S/C12H14.C2H6.CH3.U.Y/c1-2-10-7-8-11-5-3-4-6-12(11)9-10;1-2;;;/h3-6,9H,2,7-8H2,1H3;1-2H3;1H3;;/q;;-1;;. The van der Waals surface area contributed by atoms with Crippen LogP contribution in [0.25, 0.3) is 6.08 Å². The molecule has 0 atom stereocenters. The monoisotopic (exact) mass is 530 g/mol. The summed E-state index contributed by atoms with van der Waals surface area (Å²) < 4.78 is 0. The number of benzene rings is 1.